The molecule has 1 atom stereocenters. The lowest BCUT2D eigenvalue weighted by Crippen LogP contribution is -2.34. The highest BCUT2D eigenvalue weighted by molar-refractivity contribution is 9.10. The monoisotopic (exact) mass is 335 g/mol. The summed E-state index contributed by atoms with van der Waals surface area (Å²) in [7, 11) is 0. The molecule has 1 heterocycles. The van der Waals surface area contributed by atoms with Crippen molar-refractivity contribution in [2.45, 2.75) is 32.4 Å². The van der Waals surface area contributed by atoms with Gasteiger partial charge in [0.15, 0.2) is 0 Å². The van der Waals surface area contributed by atoms with Crippen molar-refractivity contribution in [2.75, 3.05) is 0 Å². The molecule has 1 amide bonds. The molecular weight excluding hydrogens is 318 g/mol. The first-order chi connectivity index (χ1) is 9.65. The number of carbonyl (C=O) groups excluding carboxylic acids is 1. The second kappa shape index (κ2) is 7.24. The van der Waals surface area contributed by atoms with Gasteiger partial charge in [-0.1, -0.05) is 34.1 Å². The second-order valence-corrected chi connectivity index (χ2v) is 5.64. The number of amides is 1. The van der Waals surface area contributed by atoms with Crippen LogP contribution in [0.1, 0.15) is 18.9 Å². The fraction of sp³-hybridized carbons (Fsp3) is 0.333. The van der Waals surface area contributed by atoms with Crippen LogP contribution in [0.15, 0.2) is 47.2 Å². The fourth-order valence-corrected chi connectivity index (χ4v) is 2.49. The lowest BCUT2D eigenvalue weighted by molar-refractivity contribution is -0.121. The van der Waals surface area contributed by atoms with E-state index in [2.05, 4.69) is 32.4 Å². The van der Waals surface area contributed by atoms with Gasteiger partial charge in [0.1, 0.15) is 0 Å². The molecule has 0 aliphatic rings. The predicted molar refractivity (Wildman–Crippen MR) is 82.3 cm³/mol. The lowest BCUT2D eigenvalue weighted by Gasteiger charge is -2.15. The first-order valence-electron chi connectivity index (χ1n) is 6.65. The molecule has 0 aliphatic carbocycles. The molecule has 1 aromatic carbocycles. The number of nitrogens with one attached hydrogen (secondary N) is 1. The Kier molecular flexibility index (Phi) is 5.35. The van der Waals surface area contributed by atoms with E-state index in [1.807, 2.05) is 37.4 Å². The SMILES string of the molecule is C[C@H](Cc1ccccc1Br)NC(=O)CCn1cccn1. The zero-order valence-electron chi connectivity index (χ0n) is 11.4. The van der Waals surface area contributed by atoms with Crippen LogP contribution in [0.25, 0.3) is 0 Å². The summed E-state index contributed by atoms with van der Waals surface area (Å²) in [6.07, 6.45) is 4.84. The Morgan fingerprint density at radius 2 is 2.20 bits per heavy atom. The number of carbonyl (C=O) groups is 1. The van der Waals surface area contributed by atoms with E-state index >= 15 is 0 Å². The molecule has 106 valence electrons. The van der Waals surface area contributed by atoms with Crippen molar-refractivity contribution < 1.29 is 4.79 Å². The van der Waals surface area contributed by atoms with Crippen LogP contribution in [0.5, 0.6) is 0 Å². The van der Waals surface area contributed by atoms with E-state index in [1.54, 1.807) is 10.9 Å². The van der Waals surface area contributed by atoms with Gasteiger partial charge in [-0.25, -0.2) is 0 Å². The average molecular weight is 336 g/mol. The molecule has 2 rings (SSSR count). The maximum absolute atomic E-state index is 11.9. The molecule has 0 saturated heterocycles. The van der Waals surface area contributed by atoms with Crippen LogP contribution in [0.3, 0.4) is 0 Å². The summed E-state index contributed by atoms with van der Waals surface area (Å²) < 4.78 is 2.84. The van der Waals surface area contributed by atoms with Crippen molar-refractivity contribution in [2.24, 2.45) is 0 Å². The molecule has 4 nitrogen and oxygen atoms in total. The Hall–Kier alpha value is -1.62. The van der Waals surface area contributed by atoms with Crippen LogP contribution in [0.2, 0.25) is 0 Å². The molecule has 1 N–H and O–H groups in total. The summed E-state index contributed by atoms with van der Waals surface area (Å²) >= 11 is 3.52. The third-order valence-corrected chi connectivity index (χ3v) is 3.79. The lowest BCUT2D eigenvalue weighted by atomic mass is 10.1. The van der Waals surface area contributed by atoms with Crippen molar-refractivity contribution in [3.05, 3.63) is 52.8 Å². The zero-order chi connectivity index (χ0) is 14.4. The molecule has 0 saturated carbocycles. The molecule has 5 heteroatoms. The number of halogens is 1. The average Bonchev–Trinajstić information content (AvgIpc) is 2.92. The molecule has 0 radical (unpaired) electrons. The third kappa shape index (κ3) is 4.49. The van der Waals surface area contributed by atoms with E-state index < -0.39 is 0 Å². The maximum atomic E-state index is 11.9. The first-order valence-corrected chi connectivity index (χ1v) is 7.44. The van der Waals surface area contributed by atoms with Crippen molar-refractivity contribution in [3.8, 4) is 0 Å². The van der Waals surface area contributed by atoms with Crippen molar-refractivity contribution >= 4 is 21.8 Å². The molecule has 20 heavy (non-hydrogen) atoms. The first kappa shape index (κ1) is 14.8. The van der Waals surface area contributed by atoms with Crippen molar-refractivity contribution in [1.29, 1.82) is 0 Å². The minimum Gasteiger partial charge on any atom is -0.353 e. The molecule has 0 fully saturated rings. The number of rotatable bonds is 6. The molecule has 0 aliphatic heterocycles. The highest BCUT2D eigenvalue weighted by atomic mass is 79.9. The summed E-state index contributed by atoms with van der Waals surface area (Å²) in [5.41, 5.74) is 1.20. The van der Waals surface area contributed by atoms with Crippen LogP contribution >= 0.6 is 15.9 Å². The van der Waals surface area contributed by atoms with Gasteiger partial charge in [0.05, 0.1) is 0 Å². The van der Waals surface area contributed by atoms with Crippen molar-refractivity contribution in [3.63, 3.8) is 0 Å². The Balaban J connectivity index is 1.78. The van der Waals surface area contributed by atoms with Crippen LogP contribution in [-0.4, -0.2) is 21.7 Å². The van der Waals surface area contributed by atoms with E-state index in [0.717, 1.165) is 10.9 Å². The van der Waals surface area contributed by atoms with Gasteiger partial charge in [-0.2, -0.15) is 5.10 Å². The fourth-order valence-electron chi connectivity index (χ4n) is 2.04. The third-order valence-electron chi connectivity index (χ3n) is 3.02. The number of aryl methyl sites for hydroxylation is 1. The Bertz CT molecular complexity index is 554. The van der Waals surface area contributed by atoms with E-state index in [4.69, 9.17) is 0 Å². The van der Waals surface area contributed by atoms with Crippen LogP contribution in [-0.2, 0) is 17.8 Å². The molecular formula is C15H18BrN3O. The summed E-state index contributed by atoms with van der Waals surface area (Å²) in [5.74, 6) is 0.0556. The smallest absolute Gasteiger partial charge is 0.222 e. The standard InChI is InChI=1S/C15H18BrN3O/c1-12(11-13-5-2-3-6-14(13)16)18-15(20)7-10-19-9-4-8-17-19/h2-6,8-9,12H,7,10-11H2,1H3,(H,18,20)/t12-/m1/s1. The second-order valence-electron chi connectivity index (χ2n) is 4.78. The van der Waals surface area contributed by atoms with E-state index in [0.29, 0.717) is 13.0 Å². The zero-order valence-corrected chi connectivity index (χ0v) is 13.0. The van der Waals surface area contributed by atoms with Crippen LogP contribution in [0.4, 0.5) is 0 Å². The molecule has 1 aromatic heterocycles. The summed E-state index contributed by atoms with van der Waals surface area (Å²) in [5, 5.41) is 7.09. The van der Waals surface area contributed by atoms with E-state index in [1.165, 1.54) is 5.56 Å². The van der Waals surface area contributed by atoms with E-state index in [9.17, 15) is 4.79 Å². The molecule has 2 aromatic rings. The van der Waals surface area contributed by atoms with Crippen molar-refractivity contribution in [1.82, 2.24) is 15.1 Å². The minimum atomic E-state index is 0.0556. The highest BCUT2D eigenvalue weighted by Crippen LogP contribution is 2.17. The molecule has 0 bridgehead atoms. The van der Waals surface area contributed by atoms with E-state index in [-0.39, 0.29) is 11.9 Å². The van der Waals surface area contributed by atoms with Gasteiger partial charge >= 0.3 is 0 Å². The van der Waals surface area contributed by atoms with Gasteiger partial charge in [0.25, 0.3) is 0 Å². The van der Waals surface area contributed by atoms with Crippen LogP contribution < -0.4 is 5.32 Å². The molecule has 0 unspecified atom stereocenters. The Morgan fingerprint density at radius 3 is 2.90 bits per heavy atom. The quantitative estimate of drug-likeness (QED) is 0.882. The molecule has 0 spiro atoms. The topological polar surface area (TPSA) is 46.9 Å². The summed E-state index contributed by atoms with van der Waals surface area (Å²) in [6.45, 7) is 2.63. The number of aromatic nitrogens is 2. The number of hydrogen-bond acceptors (Lipinski definition) is 2. The highest BCUT2D eigenvalue weighted by Gasteiger charge is 2.09. The van der Waals surface area contributed by atoms with Gasteiger partial charge in [-0.05, 0) is 31.0 Å². The van der Waals surface area contributed by atoms with Gasteiger partial charge in [-0.3, -0.25) is 9.48 Å². The Morgan fingerprint density at radius 1 is 1.40 bits per heavy atom. The largest absolute Gasteiger partial charge is 0.353 e. The van der Waals surface area contributed by atoms with Gasteiger partial charge < -0.3 is 5.32 Å². The Labute approximate surface area is 127 Å². The van der Waals surface area contributed by atoms with Crippen LogP contribution in [0, 0.1) is 0 Å². The number of benzene rings is 1. The number of nitrogens with zero attached hydrogens (tertiary/aromatic N) is 2. The predicted octanol–water partition coefficient (Wildman–Crippen LogP) is 2.78. The van der Waals surface area contributed by atoms with Gasteiger partial charge in [0.2, 0.25) is 5.91 Å². The van der Waals surface area contributed by atoms with Gasteiger partial charge in [0, 0.05) is 35.9 Å². The summed E-state index contributed by atoms with van der Waals surface area (Å²) in [6, 6.07) is 10.0. The number of hydrogen-bond donors (Lipinski definition) is 1. The van der Waals surface area contributed by atoms with Gasteiger partial charge in [-0.15, -0.1) is 0 Å². The maximum Gasteiger partial charge on any atom is 0.222 e. The minimum absolute atomic E-state index is 0.0556. The normalized spacial score (nSPS) is 12.1. The summed E-state index contributed by atoms with van der Waals surface area (Å²) in [4.78, 5) is 11.9.